The maximum atomic E-state index is 5.75. The first-order valence-electron chi connectivity index (χ1n) is 6.10. The van der Waals surface area contributed by atoms with Crippen LogP contribution in [0.2, 0.25) is 0 Å². The van der Waals surface area contributed by atoms with Crippen LogP contribution in [0.1, 0.15) is 5.56 Å². The van der Waals surface area contributed by atoms with Gasteiger partial charge < -0.3 is 10.2 Å². The Morgan fingerprint density at radius 2 is 1.95 bits per heavy atom. The van der Waals surface area contributed by atoms with E-state index in [1.807, 2.05) is 42.3 Å². The van der Waals surface area contributed by atoms with Crippen LogP contribution in [-0.4, -0.2) is 12.0 Å². The molecule has 0 fully saturated rings. The molecule has 0 aliphatic rings. The normalized spacial score (nSPS) is 10.8. The molecule has 0 aliphatic carbocycles. The second-order valence-electron chi connectivity index (χ2n) is 4.57. The van der Waals surface area contributed by atoms with Crippen molar-refractivity contribution in [3.05, 3.63) is 48.0 Å². The van der Waals surface area contributed by atoms with Crippen LogP contribution in [-0.2, 0) is 0 Å². The van der Waals surface area contributed by atoms with Crippen LogP contribution >= 0.6 is 0 Å². The first-order valence-corrected chi connectivity index (χ1v) is 6.10. The number of fused-ring (bicyclic) bond motifs is 1. The van der Waals surface area contributed by atoms with E-state index in [2.05, 4.69) is 18.0 Å². The fourth-order valence-corrected chi connectivity index (χ4v) is 2.12. The smallest absolute Gasteiger partial charge is 0.302 e. The van der Waals surface area contributed by atoms with Gasteiger partial charge in [0.15, 0.2) is 5.58 Å². The minimum Gasteiger partial charge on any atom is -0.423 e. The molecule has 4 heteroatoms. The molecule has 3 aromatic rings. The van der Waals surface area contributed by atoms with Crippen molar-refractivity contribution in [1.29, 1.82) is 0 Å². The third-order valence-electron chi connectivity index (χ3n) is 3.16. The zero-order valence-corrected chi connectivity index (χ0v) is 10.9. The molecule has 0 unspecified atom stereocenters. The van der Waals surface area contributed by atoms with Crippen molar-refractivity contribution in [2.75, 3.05) is 17.7 Å². The summed E-state index contributed by atoms with van der Waals surface area (Å²) in [6.07, 6.45) is 0. The number of aryl methyl sites for hydroxylation is 1. The van der Waals surface area contributed by atoms with E-state index in [9.17, 15) is 0 Å². The molecule has 0 spiro atoms. The summed E-state index contributed by atoms with van der Waals surface area (Å²) in [6, 6.07) is 14.2. The number of hydrogen-bond donors (Lipinski definition) is 1. The molecule has 3 rings (SSSR count). The summed E-state index contributed by atoms with van der Waals surface area (Å²) in [4.78, 5) is 6.41. The molecule has 19 heavy (non-hydrogen) atoms. The third-order valence-corrected chi connectivity index (χ3v) is 3.16. The number of oxazole rings is 1. The van der Waals surface area contributed by atoms with Crippen LogP contribution < -0.4 is 10.6 Å². The molecule has 0 aliphatic heterocycles. The lowest BCUT2D eigenvalue weighted by Gasteiger charge is -2.16. The van der Waals surface area contributed by atoms with Crippen LogP contribution in [0.15, 0.2) is 46.9 Å². The summed E-state index contributed by atoms with van der Waals surface area (Å²) < 4.78 is 5.75. The predicted octanol–water partition coefficient (Wildman–Crippen LogP) is 3.49. The number of nitrogens with two attached hydrogens (primary N) is 1. The van der Waals surface area contributed by atoms with Gasteiger partial charge in [-0.1, -0.05) is 18.2 Å². The summed E-state index contributed by atoms with van der Waals surface area (Å²) in [5.41, 5.74) is 10.2. The topological polar surface area (TPSA) is 55.3 Å². The van der Waals surface area contributed by atoms with E-state index in [4.69, 9.17) is 10.2 Å². The maximum absolute atomic E-state index is 5.75. The molecule has 96 valence electrons. The molecular formula is C15H15N3O. The summed E-state index contributed by atoms with van der Waals surface area (Å²) in [7, 11) is 1.94. The minimum absolute atomic E-state index is 0.565. The first kappa shape index (κ1) is 11.6. The monoisotopic (exact) mass is 253 g/mol. The Balaban J connectivity index is 2.07. The summed E-state index contributed by atoms with van der Waals surface area (Å²) in [5.74, 6) is 0. The quantitative estimate of drug-likeness (QED) is 0.710. The Kier molecular flexibility index (Phi) is 2.63. The lowest BCUT2D eigenvalue weighted by molar-refractivity contribution is 0.603. The van der Waals surface area contributed by atoms with Crippen molar-refractivity contribution in [2.24, 2.45) is 0 Å². The largest absolute Gasteiger partial charge is 0.423 e. The molecular weight excluding hydrogens is 238 g/mol. The number of rotatable bonds is 2. The molecule has 0 radical (unpaired) electrons. The van der Waals surface area contributed by atoms with Crippen LogP contribution in [0.25, 0.3) is 11.1 Å². The van der Waals surface area contributed by atoms with E-state index in [1.54, 1.807) is 6.07 Å². The van der Waals surface area contributed by atoms with Crippen molar-refractivity contribution in [3.63, 3.8) is 0 Å². The van der Waals surface area contributed by atoms with Gasteiger partial charge in [-0.2, -0.15) is 4.98 Å². The standard InChI is InChI=1S/C15H15N3O/c1-10-5-3-4-6-13(10)18(2)15-17-12-8-7-11(16)9-14(12)19-15/h3-9H,16H2,1-2H3. The molecule has 1 heterocycles. The Hall–Kier alpha value is -2.49. The number of anilines is 3. The van der Waals surface area contributed by atoms with E-state index >= 15 is 0 Å². The van der Waals surface area contributed by atoms with Crippen molar-refractivity contribution in [1.82, 2.24) is 4.98 Å². The highest BCUT2D eigenvalue weighted by Crippen LogP contribution is 2.29. The zero-order chi connectivity index (χ0) is 13.4. The van der Waals surface area contributed by atoms with E-state index in [-0.39, 0.29) is 0 Å². The molecule has 0 atom stereocenters. The first-order chi connectivity index (χ1) is 9.15. The second kappa shape index (κ2) is 4.31. The second-order valence-corrected chi connectivity index (χ2v) is 4.57. The van der Waals surface area contributed by atoms with E-state index in [0.29, 0.717) is 17.3 Å². The van der Waals surface area contributed by atoms with Gasteiger partial charge >= 0.3 is 6.01 Å². The van der Waals surface area contributed by atoms with Gasteiger partial charge in [0.2, 0.25) is 0 Å². The number of nitrogens with zero attached hydrogens (tertiary/aromatic N) is 2. The van der Waals surface area contributed by atoms with Gasteiger partial charge in [0.25, 0.3) is 0 Å². The molecule has 4 nitrogen and oxygen atoms in total. The summed E-state index contributed by atoms with van der Waals surface area (Å²) >= 11 is 0. The highest BCUT2D eigenvalue weighted by Gasteiger charge is 2.13. The van der Waals surface area contributed by atoms with Gasteiger partial charge in [0, 0.05) is 24.5 Å². The average Bonchev–Trinajstić information content (AvgIpc) is 2.81. The predicted molar refractivity (Wildman–Crippen MR) is 77.7 cm³/mol. The van der Waals surface area contributed by atoms with Crippen LogP contribution in [0, 0.1) is 6.92 Å². The SMILES string of the molecule is Cc1ccccc1N(C)c1nc2ccc(N)cc2o1. The highest BCUT2D eigenvalue weighted by atomic mass is 16.4. The molecule has 0 bridgehead atoms. The van der Waals surface area contributed by atoms with Gasteiger partial charge in [-0.3, -0.25) is 4.90 Å². The molecule has 2 aromatic carbocycles. The van der Waals surface area contributed by atoms with Crippen LogP contribution in [0.3, 0.4) is 0 Å². The van der Waals surface area contributed by atoms with E-state index < -0.39 is 0 Å². The Bertz CT molecular complexity index is 733. The third kappa shape index (κ3) is 2.01. The van der Waals surface area contributed by atoms with Crippen LogP contribution in [0.5, 0.6) is 0 Å². The van der Waals surface area contributed by atoms with Crippen LogP contribution in [0.4, 0.5) is 17.4 Å². The Morgan fingerprint density at radius 1 is 1.16 bits per heavy atom. The minimum atomic E-state index is 0.565. The molecule has 0 amide bonds. The molecule has 1 aromatic heterocycles. The van der Waals surface area contributed by atoms with Crippen molar-refractivity contribution < 1.29 is 4.42 Å². The number of para-hydroxylation sites is 1. The lowest BCUT2D eigenvalue weighted by atomic mass is 10.2. The fraction of sp³-hybridized carbons (Fsp3) is 0.133. The van der Waals surface area contributed by atoms with E-state index in [1.165, 1.54) is 5.56 Å². The molecule has 0 saturated carbocycles. The van der Waals surface area contributed by atoms with Gasteiger partial charge in [-0.25, -0.2) is 0 Å². The van der Waals surface area contributed by atoms with E-state index in [0.717, 1.165) is 11.2 Å². The highest BCUT2D eigenvalue weighted by molar-refractivity contribution is 5.79. The number of hydrogen-bond acceptors (Lipinski definition) is 4. The summed E-state index contributed by atoms with van der Waals surface area (Å²) in [6.45, 7) is 2.06. The van der Waals surface area contributed by atoms with Gasteiger partial charge in [-0.15, -0.1) is 0 Å². The molecule has 2 N–H and O–H groups in total. The zero-order valence-electron chi connectivity index (χ0n) is 10.9. The van der Waals surface area contributed by atoms with Gasteiger partial charge in [0.1, 0.15) is 5.52 Å². The van der Waals surface area contributed by atoms with Gasteiger partial charge in [-0.05, 0) is 30.7 Å². The van der Waals surface area contributed by atoms with Gasteiger partial charge in [0.05, 0.1) is 0 Å². The number of benzene rings is 2. The van der Waals surface area contributed by atoms with Crippen molar-refractivity contribution >= 4 is 28.5 Å². The molecule has 0 saturated heterocycles. The number of nitrogen functional groups attached to an aromatic ring is 1. The average molecular weight is 253 g/mol. The number of aromatic nitrogens is 1. The van der Waals surface area contributed by atoms with Crippen molar-refractivity contribution in [2.45, 2.75) is 6.92 Å². The fourth-order valence-electron chi connectivity index (χ4n) is 2.12. The Labute approximate surface area is 111 Å². The maximum Gasteiger partial charge on any atom is 0.302 e. The summed E-state index contributed by atoms with van der Waals surface area (Å²) in [5, 5.41) is 0. The lowest BCUT2D eigenvalue weighted by Crippen LogP contribution is -2.10. The Morgan fingerprint density at radius 3 is 2.74 bits per heavy atom. The van der Waals surface area contributed by atoms with Crippen molar-refractivity contribution in [3.8, 4) is 0 Å².